The van der Waals surface area contributed by atoms with Crippen LogP contribution in [0.25, 0.3) is 0 Å². The van der Waals surface area contributed by atoms with E-state index in [-0.39, 0.29) is 12.8 Å². The molecule has 1 aromatic heterocycles. The number of thiophene rings is 1. The fraction of sp³-hybridized carbons (Fsp3) is 0.444. The number of rotatable bonds is 6. The summed E-state index contributed by atoms with van der Waals surface area (Å²) in [6, 6.07) is 9.35. The molecule has 7 nitrogen and oxygen atoms in total. The molecule has 146 valence electrons. The number of fused-ring (bicyclic) bond motifs is 1. The second-order valence-electron chi connectivity index (χ2n) is 7.06. The first-order chi connectivity index (χ1) is 13.0. The van der Waals surface area contributed by atoms with Crippen LogP contribution in [0.15, 0.2) is 39.9 Å². The van der Waals surface area contributed by atoms with E-state index in [2.05, 4.69) is 11.8 Å². The molecule has 1 saturated heterocycles. The maximum atomic E-state index is 12.6. The van der Waals surface area contributed by atoms with E-state index in [0.29, 0.717) is 10.8 Å². The molecule has 0 bridgehead atoms. The minimum atomic E-state index is -3.49. The van der Waals surface area contributed by atoms with Crippen LogP contribution in [0.1, 0.15) is 11.6 Å². The predicted molar refractivity (Wildman–Crippen MR) is 102 cm³/mol. The van der Waals surface area contributed by atoms with E-state index in [0.717, 1.165) is 43.2 Å². The van der Waals surface area contributed by atoms with Crippen LogP contribution < -0.4 is 24.0 Å². The van der Waals surface area contributed by atoms with Crippen LogP contribution in [-0.4, -0.2) is 55.0 Å². The Labute approximate surface area is 163 Å². The molecule has 0 spiro atoms. The number of hydrogen-bond donors (Lipinski definition) is 3. The molecule has 0 amide bonds. The van der Waals surface area contributed by atoms with E-state index in [1.807, 2.05) is 18.2 Å². The molecule has 0 unspecified atom stereocenters. The molecule has 4 rings (SSSR count). The van der Waals surface area contributed by atoms with Crippen LogP contribution in [0.2, 0.25) is 0 Å². The van der Waals surface area contributed by atoms with Crippen LogP contribution in [0.4, 0.5) is 0 Å². The predicted octanol–water partition coefficient (Wildman–Crippen LogP) is -1.09. The van der Waals surface area contributed by atoms with Crippen LogP contribution in [0.5, 0.6) is 11.5 Å². The van der Waals surface area contributed by atoms with Crippen LogP contribution in [-0.2, 0) is 10.0 Å². The highest BCUT2D eigenvalue weighted by atomic mass is 32.2. The number of likely N-dealkylation sites (N-methyl/N-ethyl adjacent to an activating group) is 1. The van der Waals surface area contributed by atoms with Crippen molar-refractivity contribution in [3.05, 3.63) is 41.3 Å². The number of quaternary nitrogens is 2. The van der Waals surface area contributed by atoms with Crippen molar-refractivity contribution in [3.63, 3.8) is 0 Å². The highest BCUT2D eigenvalue weighted by Gasteiger charge is 2.32. The molecule has 0 radical (unpaired) electrons. The van der Waals surface area contributed by atoms with Crippen molar-refractivity contribution < 1.29 is 27.7 Å². The smallest absolute Gasteiger partial charge is 0.250 e. The van der Waals surface area contributed by atoms with Crippen LogP contribution in [0.3, 0.4) is 0 Å². The maximum absolute atomic E-state index is 12.6. The molecule has 1 aromatic carbocycles. The van der Waals surface area contributed by atoms with Crippen molar-refractivity contribution in [2.24, 2.45) is 0 Å². The SMILES string of the molecule is C[NH+]1CC[NH+]([C@@H](CNS(=O)(=O)c2cccs2)c2ccc3c(c2)OCO3)CC1. The van der Waals surface area contributed by atoms with E-state index in [9.17, 15) is 8.42 Å². The first-order valence-electron chi connectivity index (χ1n) is 9.11. The molecule has 2 aromatic rings. The van der Waals surface area contributed by atoms with E-state index in [1.54, 1.807) is 17.5 Å². The Hall–Kier alpha value is -1.65. The lowest BCUT2D eigenvalue weighted by molar-refractivity contribution is -1.02. The average molecular weight is 412 g/mol. The fourth-order valence-electron chi connectivity index (χ4n) is 3.65. The molecule has 0 saturated carbocycles. The fourth-order valence-corrected chi connectivity index (χ4v) is 5.74. The lowest BCUT2D eigenvalue weighted by Crippen LogP contribution is -3.27. The van der Waals surface area contributed by atoms with Crippen molar-refractivity contribution in [1.29, 1.82) is 0 Å². The number of hydrogen-bond acceptors (Lipinski definition) is 5. The van der Waals surface area contributed by atoms with Crippen molar-refractivity contribution in [1.82, 2.24) is 4.72 Å². The van der Waals surface area contributed by atoms with Gasteiger partial charge in [0.15, 0.2) is 11.5 Å². The third-order valence-electron chi connectivity index (χ3n) is 5.27. The van der Waals surface area contributed by atoms with Gasteiger partial charge in [-0.25, -0.2) is 13.1 Å². The zero-order valence-electron chi connectivity index (χ0n) is 15.2. The molecule has 0 aliphatic carbocycles. The molecule has 2 aliphatic rings. The van der Waals surface area contributed by atoms with Gasteiger partial charge in [-0.3, -0.25) is 0 Å². The molecule has 1 atom stereocenters. The second kappa shape index (κ2) is 7.76. The molecule has 1 fully saturated rings. The van der Waals surface area contributed by atoms with Gasteiger partial charge >= 0.3 is 0 Å². The summed E-state index contributed by atoms with van der Waals surface area (Å²) >= 11 is 1.23. The van der Waals surface area contributed by atoms with Gasteiger partial charge < -0.3 is 19.3 Å². The number of benzene rings is 1. The molecule has 3 N–H and O–H groups in total. The molecule has 27 heavy (non-hydrogen) atoms. The third kappa shape index (κ3) is 4.12. The summed E-state index contributed by atoms with van der Waals surface area (Å²) in [4.78, 5) is 2.91. The number of sulfonamides is 1. The second-order valence-corrected chi connectivity index (χ2v) is 10.0. The Morgan fingerprint density at radius 3 is 2.67 bits per heavy atom. The van der Waals surface area contributed by atoms with Gasteiger partial charge in [-0.05, 0) is 29.6 Å². The van der Waals surface area contributed by atoms with Gasteiger partial charge in [0.2, 0.25) is 16.8 Å². The molecular formula is C18H25N3O4S2+2. The largest absolute Gasteiger partial charge is 0.454 e. The normalized spacial score (nSPS) is 23.3. The van der Waals surface area contributed by atoms with Gasteiger partial charge in [-0.15, -0.1) is 11.3 Å². The monoisotopic (exact) mass is 411 g/mol. The first-order valence-corrected chi connectivity index (χ1v) is 11.5. The maximum Gasteiger partial charge on any atom is 0.250 e. The van der Waals surface area contributed by atoms with Crippen LogP contribution >= 0.6 is 11.3 Å². The third-order valence-corrected chi connectivity index (χ3v) is 8.10. The van der Waals surface area contributed by atoms with Gasteiger partial charge in [0.05, 0.1) is 13.6 Å². The zero-order chi connectivity index (χ0) is 18.9. The van der Waals surface area contributed by atoms with Crippen molar-refractivity contribution in [2.45, 2.75) is 10.3 Å². The van der Waals surface area contributed by atoms with Crippen LogP contribution in [0, 0.1) is 0 Å². The summed E-state index contributed by atoms with van der Waals surface area (Å²) < 4.78 is 39.3. The van der Waals surface area contributed by atoms with Gasteiger partial charge in [-0.2, -0.15) is 0 Å². The lowest BCUT2D eigenvalue weighted by Gasteiger charge is -2.33. The quantitative estimate of drug-likeness (QED) is 0.565. The Morgan fingerprint density at radius 2 is 1.93 bits per heavy atom. The Bertz CT molecular complexity index is 878. The average Bonchev–Trinajstić information content (AvgIpc) is 3.35. The van der Waals surface area contributed by atoms with E-state index < -0.39 is 10.0 Å². The zero-order valence-corrected chi connectivity index (χ0v) is 16.9. The molecular weight excluding hydrogens is 386 g/mol. The highest BCUT2D eigenvalue weighted by Crippen LogP contribution is 2.33. The van der Waals surface area contributed by atoms with Gasteiger partial charge in [-0.1, -0.05) is 6.07 Å². The Kier molecular flexibility index (Phi) is 5.38. The van der Waals surface area contributed by atoms with E-state index in [1.165, 1.54) is 21.1 Å². The summed E-state index contributed by atoms with van der Waals surface area (Å²) in [6.07, 6.45) is 0. The summed E-state index contributed by atoms with van der Waals surface area (Å²) in [5.74, 6) is 1.48. The first kappa shape index (κ1) is 18.7. The molecule has 9 heteroatoms. The van der Waals surface area contributed by atoms with E-state index >= 15 is 0 Å². The van der Waals surface area contributed by atoms with E-state index in [4.69, 9.17) is 9.47 Å². The topological polar surface area (TPSA) is 73.5 Å². The minimum Gasteiger partial charge on any atom is -0.454 e. The highest BCUT2D eigenvalue weighted by molar-refractivity contribution is 7.91. The number of nitrogens with one attached hydrogen (secondary N) is 3. The Balaban J connectivity index is 1.56. The Morgan fingerprint density at radius 1 is 1.15 bits per heavy atom. The van der Waals surface area contributed by atoms with Gasteiger partial charge in [0, 0.05) is 5.56 Å². The lowest BCUT2D eigenvalue weighted by atomic mass is 10.0. The summed E-state index contributed by atoms with van der Waals surface area (Å²) in [5, 5.41) is 1.78. The summed E-state index contributed by atoms with van der Waals surface area (Å²) in [6.45, 7) is 4.76. The number of ether oxygens (including phenoxy) is 2. The standard InChI is InChI=1S/C18H23N3O4S2/c1-20-6-8-21(9-7-20)15(12-19-27(22,23)18-3-2-10-26-18)14-4-5-16-17(11-14)25-13-24-16/h2-5,10-11,15,19H,6-9,12-13H2,1H3/p+2/t15-/m0/s1. The molecule has 2 aliphatic heterocycles. The number of piperazine rings is 1. The summed E-state index contributed by atoms with van der Waals surface area (Å²) in [5.41, 5.74) is 1.07. The van der Waals surface area contributed by atoms with Crippen molar-refractivity contribution >= 4 is 21.4 Å². The van der Waals surface area contributed by atoms with Crippen molar-refractivity contribution in [3.8, 4) is 11.5 Å². The van der Waals surface area contributed by atoms with Gasteiger partial charge in [0.1, 0.15) is 36.4 Å². The van der Waals surface area contributed by atoms with Gasteiger partial charge in [0.25, 0.3) is 0 Å². The molecule has 3 heterocycles. The minimum absolute atomic E-state index is 0.0299. The summed E-state index contributed by atoms with van der Waals surface area (Å²) in [7, 11) is -1.29. The van der Waals surface area contributed by atoms with Crippen molar-refractivity contribution in [2.75, 3.05) is 46.6 Å².